The summed E-state index contributed by atoms with van der Waals surface area (Å²) in [5.74, 6) is 0.552. The van der Waals surface area contributed by atoms with Gasteiger partial charge < -0.3 is 15.4 Å². The standard InChI is InChI=1S/C25H24N2O3/c1-17-22(8-5-9-23(17)27-25(29)20-10-11-20)26-24(28)16-30-21-14-12-19(13-15-21)18-6-3-2-4-7-18/h2-9,12-15,20H,10-11,16H2,1H3,(H,26,28)(H,27,29). The van der Waals surface area contributed by atoms with E-state index in [9.17, 15) is 9.59 Å². The largest absolute Gasteiger partial charge is 0.484 e. The molecule has 1 aliphatic carbocycles. The molecule has 5 heteroatoms. The zero-order valence-electron chi connectivity index (χ0n) is 16.9. The molecular formula is C25H24N2O3. The molecule has 152 valence electrons. The SMILES string of the molecule is Cc1c(NC(=O)COc2ccc(-c3ccccc3)cc2)cccc1NC(=O)C1CC1. The number of benzene rings is 3. The summed E-state index contributed by atoms with van der Waals surface area (Å²) in [6.07, 6.45) is 1.90. The van der Waals surface area contributed by atoms with E-state index in [4.69, 9.17) is 4.74 Å². The van der Waals surface area contributed by atoms with Crippen molar-refractivity contribution in [3.8, 4) is 16.9 Å². The van der Waals surface area contributed by atoms with E-state index in [0.717, 1.165) is 35.2 Å². The second kappa shape index (κ2) is 8.82. The zero-order chi connectivity index (χ0) is 20.9. The van der Waals surface area contributed by atoms with Crippen molar-refractivity contribution in [1.29, 1.82) is 0 Å². The van der Waals surface area contributed by atoms with Crippen LogP contribution < -0.4 is 15.4 Å². The summed E-state index contributed by atoms with van der Waals surface area (Å²) in [5.41, 5.74) is 4.44. The molecule has 5 nitrogen and oxygen atoms in total. The van der Waals surface area contributed by atoms with Gasteiger partial charge in [0.25, 0.3) is 5.91 Å². The van der Waals surface area contributed by atoms with Gasteiger partial charge in [0.05, 0.1) is 0 Å². The van der Waals surface area contributed by atoms with Gasteiger partial charge in [-0.2, -0.15) is 0 Å². The smallest absolute Gasteiger partial charge is 0.262 e. The highest BCUT2D eigenvalue weighted by Gasteiger charge is 2.29. The molecule has 1 aliphatic rings. The molecule has 1 fully saturated rings. The average Bonchev–Trinajstić information content (AvgIpc) is 3.62. The Balaban J connectivity index is 1.33. The van der Waals surface area contributed by atoms with Crippen molar-refractivity contribution < 1.29 is 14.3 Å². The summed E-state index contributed by atoms with van der Waals surface area (Å²) >= 11 is 0. The van der Waals surface area contributed by atoms with Gasteiger partial charge in [-0.05, 0) is 60.7 Å². The second-order valence-corrected chi connectivity index (χ2v) is 7.47. The normalized spacial score (nSPS) is 12.8. The van der Waals surface area contributed by atoms with Crippen molar-refractivity contribution >= 4 is 23.2 Å². The fourth-order valence-electron chi connectivity index (χ4n) is 3.20. The van der Waals surface area contributed by atoms with Crippen LogP contribution in [0.3, 0.4) is 0 Å². The minimum atomic E-state index is -0.254. The maximum Gasteiger partial charge on any atom is 0.262 e. The Morgan fingerprint density at radius 1 is 0.833 bits per heavy atom. The minimum Gasteiger partial charge on any atom is -0.484 e. The quantitative estimate of drug-likeness (QED) is 0.585. The first-order valence-corrected chi connectivity index (χ1v) is 10.1. The predicted molar refractivity (Wildman–Crippen MR) is 119 cm³/mol. The van der Waals surface area contributed by atoms with Gasteiger partial charge in [0, 0.05) is 17.3 Å². The van der Waals surface area contributed by atoms with Crippen LogP contribution in [-0.4, -0.2) is 18.4 Å². The van der Waals surface area contributed by atoms with Gasteiger partial charge in [-0.15, -0.1) is 0 Å². The Bertz CT molecular complexity index is 1040. The monoisotopic (exact) mass is 400 g/mol. The average molecular weight is 400 g/mol. The van der Waals surface area contributed by atoms with Crippen LogP contribution in [0.1, 0.15) is 18.4 Å². The molecule has 0 atom stereocenters. The van der Waals surface area contributed by atoms with E-state index in [1.165, 1.54) is 0 Å². The summed E-state index contributed by atoms with van der Waals surface area (Å²) in [6, 6.07) is 23.2. The molecule has 0 heterocycles. The fraction of sp³-hybridized carbons (Fsp3) is 0.200. The lowest BCUT2D eigenvalue weighted by Crippen LogP contribution is -2.21. The first-order chi connectivity index (χ1) is 14.6. The van der Waals surface area contributed by atoms with Crippen molar-refractivity contribution in [3.63, 3.8) is 0 Å². The first-order valence-electron chi connectivity index (χ1n) is 10.1. The fourth-order valence-corrected chi connectivity index (χ4v) is 3.20. The van der Waals surface area contributed by atoms with Crippen LogP contribution in [0.2, 0.25) is 0 Å². The van der Waals surface area contributed by atoms with E-state index < -0.39 is 0 Å². The molecule has 4 rings (SSSR count). The number of carbonyl (C=O) groups is 2. The Morgan fingerprint density at radius 3 is 2.13 bits per heavy atom. The zero-order valence-corrected chi connectivity index (χ0v) is 16.9. The van der Waals surface area contributed by atoms with Crippen molar-refractivity contribution in [2.45, 2.75) is 19.8 Å². The molecule has 2 amide bonds. The number of amides is 2. The highest BCUT2D eigenvalue weighted by molar-refractivity contribution is 5.97. The highest BCUT2D eigenvalue weighted by atomic mass is 16.5. The lowest BCUT2D eigenvalue weighted by atomic mass is 10.1. The highest BCUT2D eigenvalue weighted by Crippen LogP contribution is 2.31. The third-order valence-corrected chi connectivity index (χ3v) is 5.15. The maximum absolute atomic E-state index is 12.4. The summed E-state index contributed by atoms with van der Waals surface area (Å²) in [4.78, 5) is 24.4. The van der Waals surface area contributed by atoms with E-state index in [0.29, 0.717) is 11.4 Å². The van der Waals surface area contributed by atoms with E-state index >= 15 is 0 Å². The van der Waals surface area contributed by atoms with Crippen LogP contribution in [0.15, 0.2) is 72.8 Å². The number of hydrogen-bond donors (Lipinski definition) is 2. The second-order valence-electron chi connectivity index (χ2n) is 7.47. The van der Waals surface area contributed by atoms with Crippen LogP contribution in [0, 0.1) is 12.8 Å². The van der Waals surface area contributed by atoms with E-state index in [1.54, 1.807) is 0 Å². The van der Waals surface area contributed by atoms with Gasteiger partial charge in [0.15, 0.2) is 6.61 Å². The summed E-state index contributed by atoms with van der Waals surface area (Å²) in [5, 5.41) is 5.80. The van der Waals surface area contributed by atoms with Gasteiger partial charge in [0.2, 0.25) is 5.91 Å². The predicted octanol–water partition coefficient (Wildman–Crippen LogP) is 5.03. The third kappa shape index (κ3) is 4.87. The molecule has 0 radical (unpaired) electrons. The van der Waals surface area contributed by atoms with Crippen LogP contribution in [-0.2, 0) is 9.59 Å². The van der Waals surface area contributed by atoms with Crippen molar-refractivity contribution in [2.75, 3.05) is 17.2 Å². The number of rotatable bonds is 7. The number of carbonyl (C=O) groups excluding carboxylic acids is 2. The lowest BCUT2D eigenvalue weighted by Gasteiger charge is -2.14. The van der Waals surface area contributed by atoms with Crippen LogP contribution in [0.4, 0.5) is 11.4 Å². The molecule has 0 spiro atoms. The van der Waals surface area contributed by atoms with Crippen molar-refractivity contribution in [1.82, 2.24) is 0 Å². The molecule has 0 unspecified atom stereocenters. The topological polar surface area (TPSA) is 67.4 Å². The Kier molecular flexibility index (Phi) is 5.80. The Morgan fingerprint density at radius 2 is 1.47 bits per heavy atom. The van der Waals surface area contributed by atoms with Crippen LogP contribution in [0.5, 0.6) is 5.75 Å². The molecule has 3 aromatic carbocycles. The van der Waals surface area contributed by atoms with Crippen molar-refractivity contribution in [3.05, 3.63) is 78.4 Å². The van der Waals surface area contributed by atoms with E-state index in [2.05, 4.69) is 10.6 Å². The summed E-state index contributed by atoms with van der Waals surface area (Å²) in [7, 11) is 0. The lowest BCUT2D eigenvalue weighted by molar-refractivity contribution is -0.118. The van der Waals surface area contributed by atoms with Gasteiger partial charge in [-0.25, -0.2) is 0 Å². The van der Waals surface area contributed by atoms with Gasteiger partial charge in [-0.3, -0.25) is 9.59 Å². The summed E-state index contributed by atoms with van der Waals surface area (Å²) < 4.78 is 5.62. The van der Waals surface area contributed by atoms with E-state index in [1.807, 2.05) is 79.7 Å². The van der Waals surface area contributed by atoms with Gasteiger partial charge >= 0.3 is 0 Å². The van der Waals surface area contributed by atoms with Gasteiger partial charge in [-0.1, -0.05) is 48.5 Å². The van der Waals surface area contributed by atoms with Gasteiger partial charge in [0.1, 0.15) is 5.75 Å². The first kappa shape index (κ1) is 19.7. The summed E-state index contributed by atoms with van der Waals surface area (Å²) in [6.45, 7) is 1.78. The molecule has 3 aromatic rings. The maximum atomic E-state index is 12.4. The number of anilines is 2. The number of nitrogens with one attached hydrogen (secondary N) is 2. The molecule has 0 saturated heterocycles. The van der Waals surface area contributed by atoms with E-state index in [-0.39, 0.29) is 24.3 Å². The third-order valence-electron chi connectivity index (χ3n) is 5.15. The number of hydrogen-bond acceptors (Lipinski definition) is 3. The van der Waals surface area contributed by atoms with Crippen molar-refractivity contribution in [2.24, 2.45) is 5.92 Å². The molecule has 2 N–H and O–H groups in total. The molecule has 30 heavy (non-hydrogen) atoms. The Hall–Kier alpha value is -3.60. The Labute approximate surface area is 176 Å². The molecule has 0 aliphatic heterocycles. The minimum absolute atomic E-state index is 0.0452. The molecule has 0 bridgehead atoms. The number of ether oxygens (including phenoxy) is 1. The molecular weight excluding hydrogens is 376 g/mol. The van der Waals surface area contributed by atoms with Crippen LogP contribution >= 0.6 is 0 Å². The molecule has 0 aromatic heterocycles. The van der Waals surface area contributed by atoms with Crippen LogP contribution in [0.25, 0.3) is 11.1 Å². The molecule has 1 saturated carbocycles.